The van der Waals surface area contributed by atoms with Crippen LogP contribution in [0.25, 0.3) is 10.8 Å². The van der Waals surface area contributed by atoms with E-state index in [2.05, 4.69) is 31.0 Å². The molecule has 3 rings (SSSR count). The molecule has 1 aliphatic carbocycles. The zero-order valence-electron chi connectivity index (χ0n) is 12.1. The molecule has 0 bridgehead atoms. The highest BCUT2D eigenvalue weighted by molar-refractivity contribution is 5.84. The van der Waals surface area contributed by atoms with E-state index in [1.807, 2.05) is 30.6 Å². The van der Waals surface area contributed by atoms with Crippen molar-refractivity contribution in [1.82, 2.24) is 4.98 Å². The van der Waals surface area contributed by atoms with Crippen molar-refractivity contribution in [2.45, 2.75) is 32.8 Å². The second kappa shape index (κ2) is 5.37. The summed E-state index contributed by atoms with van der Waals surface area (Å²) in [5.41, 5.74) is 2.36. The Labute approximate surface area is 120 Å². The molecular weight excluding hydrogens is 246 g/mol. The van der Waals surface area contributed by atoms with Crippen LogP contribution in [0, 0.1) is 11.8 Å². The molecule has 2 nitrogen and oxygen atoms in total. The van der Waals surface area contributed by atoms with Gasteiger partial charge in [0.2, 0.25) is 0 Å². The minimum atomic E-state index is -0.431. The third-order valence-corrected chi connectivity index (χ3v) is 4.29. The van der Waals surface area contributed by atoms with E-state index in [4.69, 9.17) is 0 Å². The van der Waals surface area contributed by atoms with Crippen LogP contribution in [0.2, 0.25) is 0 Å². The van der Waals surface area contributed by atoms with Crippen LogP contribution in [0.3, 0.4) is 0 Å². The van der Waals surface area contributed by atoms with Crippen LogP contribution >= 0.6 is 0 Å². The number of aliphatic hydroxyl groups excluding tert-OH is 1. The maximum absolute atomic E-state index is 10.8. The first-order valence-corrected chi connectivity index (χ1v) is 7.33. The molecule has 3 unspecified atom stereocenters. The Bertz CT molecular complexity index is 641. The van der Waals surface area contributed by atoms with Gasteiger partial charge in [-0.1, -0.05) is 42.8 Å². The summed E-state index contributed by atoms with van der Waals surface area (Å²) < 4.78 is 0. The Morgan fingerprint density at radius 2 is 2.05 bits per heavy atom. The van der Waals surface area contributed by atoms with Crippen molar-refractivity contribution >= 4 is 10.8 Å². The summed E-state index contributed by atoms with van der Waals surface area (Å²) in [6.07, 6.45) is 7.60. The van der Waals surface area contributed by atoms with E-state index in [9.17, 15) is 5.11 Å². The van der Waals surface area contributed by atoms with Crippen LogP contribution < -0.4 is 0 Å². The predicted octanol–water partition coefficient (Wildman–Crippen LogP) is 4.26. The van der Waals surface area contributed by atoms with E-state index in [0.717, 1.165) is 29.2 Å². The lowest BCUT2D eigenvalue weighted by molar-refractivity contribution is 0.0942. The molecule has 0 spiro atoms. The van der Waals surface area contributed by atoms with Crippen molar-refractivity contribution in [3.05, 3.63) is 53.9 Å². The molecule has 1 N–H and O–H groups in total. The number of hydrogen-bond acceptors (Lipinski definition) is 2. The number of benzene rings is 1. The molecule has 2 heteroatoms. The van der Waals surface area contributed by atoms with Crippen LogP contribution in [0.4, 0.5) is 0 Å². The Hall–Kier alpha value is -1.67. The van der Waals surface area contributed by atoms with Crippen molar-refractivity contribution in [2.24, 2.45) is 11.8 Å². The summed E-state index contributed by atoms with van der Waals surface area (Å²) in [6, 6.07) is 8.15. The number of fused-ring (bicyclic) bond motifs is 1. The maximum Gasteiger partial charge on any atom is 0.0842 e. The number of rotatable bonds is 2. The largest absolute Gasteiger partial charge is 0.388 e. The van der Waals surface area contributed by atoms with Gasteiger partial charge < -0.3 is 5.11 Å². The zero-order valence-corrected chi connectivity index (χ0v) is 12.1. The highest BCUT2D eigenvalue weighted by Gasteiger charge is 2.27. The lowest BCUT2D eigenvalue weighted by Crippen LogP contribution is -2.19. The summed E-state index contributed by atoms with van der Waals surface area (Å²) in [7, 11) is 0. The number of nitrogens with zero attached hydrogens (tertiary/aromatic N) is 1. The van der Waals surface area contributed by atoms with Gasteiger partial charge in [0.25, 0.3) is 0 Å². The van der Waals surface area contributed by atoms with Crippen molar-refractivity contribution in [3.63, 3.8) is 0 Å². The minimum Gasteiger partial charge on any atom is -0.388 e. The Morgan fingerprint density at radius 1 is 1.25 bits per heavy atom. The van der Waals surface area contributed by atoms with Crippen molar-refractivity contribution in [3.8, 4) is 0 Å². The molecule has 0 amide bonds. The molecule has 0 saturated heterocycles. The molecule has 1 aliphatic rings. The first-order valence-electron chi connectivity index (χ1n) is 7.33. The number of aromatic nitrogens is 1. The predicted molar refractivity (Wildman–Crippen MR) is 82.3 cm³/mol. The van der Waals surface area contributed by atoms with Crippen molar-refractivity contribution in [1.29, 1.82) is 0 Å². The molecule has 20 heavy (non-hydrogen) atoms. The standard InChI is InChI=1S/C18H21NO/c1-12-7-13(2)9-15(8-12)18(20)17-11-19-10-14-5-3-4-6-16(14)17/h3-7,10-12,15,18,20H,8-9H2,1-2H3. The molecule has 1 aromatic heterocycles. The molecular formula is C18H21NO. The van der Waals surface area contributed by atoms with Crippen LogP contribution in [0.5, 0.6) is 0 Å². The zero-order chi connectivity index (χ0) is 14.1. The fourth-order valence-corrected chi connectivity index (χ4v) is 3.47. The van der Waals surface area contributed by atoms with Gasteiger partial charge in [-0.3, -0.25) is 4.98 Å². The molecule has 2 aromatic rings. The van der Waals surface area contributed by atoms with E-state index < -0.39 is 6.10 Å². The van der Waals surface area contributed by atoms with Gasteiger partial charge in [0, 0.05) is 23.3 Å². The van der Waals surface area contributed by atoms with Crippen LogP contribution in [-0.2, 0) is 0 Å². The summed E-state index contributed by atoms with van der Waals surface area (Å²) in [5.74, 6) is 0.842. The first-order chi connectivity index (χ1) is 9.65. The van der Waals surface area contributed by atoms with Gasteiger partial charge in [0.15, 0.2) is 0 Å². The normalized spacial score (nSPS) is 24.4. The second-order valence-corrected chi connectivity index (χ2v) is 6.08. The van der Waals surface area contributed by atoms with Crippen molar-refractivity contribution < 1.29 is 5.11 Å². The number of allylic oxidation sites excluding steroid dienone is 2. The van der Waals surface area contributed by atoms with Gasteiger partial charge >= 0.3 is 0 Å². The Kier molecular flexibility index (Phi) is 3.58. The SMILES string of the molecule is CC1=CC(C)CC(C(O)c2cncc3ccccc23)C1. The molecule has 0 radical (unpaired) electrons. The number of aliphatic hydroxyl groups is 1. The average molecular weight is 267 g/mol. The third-order valence-electron chi connectivity index (χ3n) is 4.29. The van der Waals surface area contributed by atoms with Gasteiger partial charge in [0.1, 0.15) is 0 Å². The fraction of sp³-hybridized carbons (Fsp3) is 0.389. The van der Waals surface area contributed by atoms with Crippen molar-refractivity contribution in [2.75, 3.05) is 0 Å². The fourth-order valence-electron chi connectivity index (χ4n) is 3.47. The van der Waals surface area contributed by atoms with Crippen LogP contribution in [0.15, 0.2) is 48.3 Å². The molecule has 0 fully saturated rings. The highest BCUT2D eigenvalue weighted by atomic mass is 16.3. The Balaban J connectivity index is 1.97. The van der Waals surface area contributed by atoms with E-state index in [1.165, 1.54) is 5.57 Å². The first kappa shape index (κ1) is 13.3. The van der Waals surface area contributed by atoms with E-state index >= 15 is 0 Å². The van der Waals surface area contributed by atoms with E-state index in [-0.39, 0.29) is 0 Å². The molecule has 0 aliphatic heterocycles. The molecule has 104 valence electrons. The van der Waals surface area contributed by atoms with Crippen LogP contribution in [-0.4, -0.2) is 10.1 Å². The van der Waals surface area contributed by atoms with Gasteiger partial charge in [-0.05, 0) is 37.0 Å². The average Bonchev–Trinajstić information content (AvgIpc) is 2.45. The van der Waals surface area contributed by atoms with E-state index in [1.54, 1.807) is 0 Å². The summed E-state index contributed by atoms with van der Waals surface area (Å²) in [5, 5.41) is 13.0. The third kappa shape index (κ3) is 2.48. The van der Waals surface area contributed by atoms with Gasteiger partial charge in [-0.2, -0.15) is 0 Å². The van der Waals surface area contributed by atoms with E-state index in [0.29, 0.717) is 11.8 Å². The maximum atomic E-state index is 10.8. The molecule has 0 saturated carbocycles. The number of hydrogen-bond donors (Lipinski definition) is 1. The molecule has 3 atom stereocenters. The number of pyridine rings is 1. The smallest absolute Gasteiger partial charge is 0.0842 e. The lowest BCUT2D eigenvalue weighted by atomic mass is 9.78. The van der Waals surface area contributed by atoms with Gasteiger partial charge in [0.05, 0.1) is 6.10 Å². The molecule has 1 heterocycles. The van der Waals surface area contributed by atoms with Gasteiger partial charge in [-0.15, -0.1) is 0 Å². The topological polar surface area (TPSA) is 33.1 Å². The monoisotopic (exact) mass is 267 g/mol. The quantitative estimate of drug-likeness (QED) is 0.825. The second-order valence-electron chi connectivity index (χ2n) is 6.08. The minimum absolute atomic E-state index is 0.294. The highest BCUT2D eigenvalue weighted by Crippen LogP contribution is 2.38. The summed E-state index contributed by atoms with van der Waals surface area (Å²) in [4.78, 5) is 4.29. The molecule has 1 aromatic carbocycles. The summed E-state index contributed by atoms with van der Waals surface area (Å²) >= 11 is 0. The van der Waals surface area contributed by atoms with Crippen LogP contribution in [0.1, 0.15) is 38.4 Å². The Morgan fingerprint density at radius 3 is 2.85 bits per heavy atom. The van der Waals surface area contributed by atoms with Gasteiger partial charge in [-0.25, -0.2) is 0 Å². The lowest BCUT2D eigenvalue weighted by Gasteiger charge is -2.30. The summed E-state index contributed by atoms with van der Waals surface area (Å²) in [6.45, 7) is 4.39.